The van der Waals surface area contributed by atoms with Gasteiger partial charge in [0.15, 0.2) is 5.75 Å². The number of fused-ring (bicyclic) bond motifs is 1. The SMILES string of the molecule is CCOC(=O)c1cc2c(s1)N(c1ccc(C(=O)OC(C)(C)C)cc1)CCO2. The molecule has 0 saturated heterocycles. The van der Waals surface area contributed by atoms with E-state index in [1.54, 1.807) is 25.1 Å². The van der Waals surface area contributed by atoms with Crippen LogP contribution in [0.15, 0.2) is 30.3 Å². The first-order chi connectivity index (χ1) is 12.8. The highest BCUT2D eigenvalue weighted by Crippen LogP contribution is 2.43. The van der Waals surface area contributed by atoms with Crippen molar-refractivity contribution in [2.75, 3.05) is 24.7 Å². The Labute approximate surface area is 162 Å². The van der Waals surface area contributed by atoms with Gasteiger partial charge in [-0.2, -0.15) is 0 Å². The van der Waals surface area contributed by atoms with Crippen molar-refractivity contribution in [2.24, 2.45) is 0 Å². The minimum atomic E-state index is -0.532. The lowest BCUT2D eigenvalue weighted by Crippen LogP contribution is -2.27. The summed E-state index contributed by atoms with van der Waals surface area (Å²) in [5.74, 6) is -0.0244. The van der Waals surface area contributed by atoms with E-state index in [1.807, 2.05) is 32.9 Å². The van der Waals surface area contributed by atoms with Crippen molar-refractivity contribution in [2.45, 2.75) is 33.3 Å². The van der Waals surface area contributed by atoms with Crippen molar-refractivity contribution in [1.29, 1.82) is 0 Å². The standard InChI is InChI=1S/C20H23NO5S/c1-5-24-19(23)16-12-15-17(27-16)21(10-11-25-15)14-8-6-13(7-9-14)18(22)26-20(2,3)4/h6-9,12H,5,10-11H2,1-4H3. The van der Waals surface area contributed by atoms with Crippen molar-refractivity contribution < 1.29 is 23.8 Å². The van der Waals surface area contributed by atoms with Crippen LogP contribution < -0.4 is 9.64 Å². The van der Waals surface area contributed by atoms with Gasteiger partial charge < -0.3 is 19.1 Å². The summed E-state index contributed by atoms with van der Waals surface area (Å²) in [7, 11) is 0. The third-order valence-electron chi connectivity index (χ3n) is 3.79. The molecule has 0 atom stereocenters. The summed E-state index contributed by atoms with van der Waals surface area (Å²) in [6.45, 7) is 8.80. The van der Waals surface area contributed by atoms with Gasteiger partial charge in [-0.1, -0.05) is 0 Å². The average Bonchev–Trinajstić information content (AvgIpc) is 3.05. The van der Waals surface area contributed by atoms with E-state index in [4.69, 9.17) is 14.2 Å². The second-order valence-corrected chi connectivity index (χ2v) is 8.08. The third-order valence-corrected chi connectivity index (χ3v) is 4.91. The van der Waals surface area contributed by atoms with Crippen molar-refractivity contribution in [3.63, 3.8) is 0 Å². The number of hydrogen-bond acceptors (Lipinski definition) is 7. The van der Waals surface area contributed by atoms with E-state index in [-0.39, 0.29) is 11.9 Å². The zero-order chi connectivity index (χ0) is 19.6. The monoisotopic (exact) mass is 389 g/mol. The quantitative estimate of drug-likeness (QED) is 0.722. The molecule has 144 valence electrons. The summed E-state index contributed by atoms with van der Waals surface area (Å²) in [6, 6.07) is 8.96. The maximum absolute atomic E-state index is 12.2. The highest BCUT2D eigenvalue weighted by Gasteiger charge is 2.26. The topological polar surface area (TPSA) is 65.1 Å². The van der Waals surface area contributed by atoms with Gasteiger partial charge in [0.1, 0.15) is 22.1 Å². The van der Waals surface area contributed by atoms with Crippen LogP contribution >= 0.6 is 11.3 Å². The Morgan fingerprint density at radius 3 is 2.52 bits per heavy atom. The first-order valence-corrected chi connectivity index (χ1v) is 9.65. The zero-order valence-electron chi connectivity index (χ0n) is 15.9. The molecular formula is C20H23NO5S. The maximum Gasteiger partial charge on any atom is 0.348 e. The molecule has 0 saturated carbocycles. The van der Waals surface area contributed by atoms with Gasteiger partial charge >= 0.3 is 11.9 Å². The number of carbonyl (C=O) groups is 2. The maximum atomic E-state index is 12.2. The van der Waals surface area contributed by atoms with Crippen molar-refractivity contribution in [3.8, 4) is 5.75 Å². The normalized spacial score (nSPS) is 13.6. The van der Waals surface area contributed by atoms with E-state index in [9.17, 15) is 9.59 Å². The number of thiophene rings is 1. The molecule has 1 aromatic heterocycles. The molecule has 2 heterocycles. The minimum Gasteiger partial charge on any atom is -0.489 e. The number of anilines is 2. The third kappa shape index (κ3) is 4.42. The molecule has 0 amide bonds. The van der Waals surface area contributed by atoms with Crippen LogP contribution in [0.2, 0.25) is 0 Å². The number of benzene rings is 1. The van der Waals surface area contributed by atoms with Crippen molar-refractivity contribution >= 4 is 34.0 Å². The van der Waals surface area contributed by atoms with Gasteiger partial charge in [-0.05, 0) is 52.0 Å². The van der Waals surface area contributed by atoms with Crippen LogP contribution in [0.3, 0.4) is 0 Å². The molecule has 0 radical (unpaired) electrons. The lowest BCUT2D eigenvalue weighted by molar-refractivity contribution is 0.00693. The molecule has 7 heteroatoms. The van der Waals surface area contributed by atoms with Gasteiger partial charge in [0.25, 0.3) is 0 Å². The second-order valence-electron chi connectivity index (χ2n) is 7.05. The molecule has 27 heavy (non-hydrogen) atoms. The molecule has 0 aliphatic carbocycles. The molecule has 0 unspecified atom stereocenters. The number of esters is 2. The van der Waals surface area contributed by atoms with Crippen LogP contribution in [0, 0.1) is 0 Å². The summed E-state index contributed by atoms with van der Waals surface area (Å²) in [4.78, 5) is 26.8. The van der Waals surface area contributed by atoms with Crippen molar-refractivity contribution in [3.05, 3.63) is 40.8 Å². The van der Waals surface area contributed by atoms with E-state index >= 15 is 0 Å². The lowest BCUT2D eigenvalue weighted by atomic mass is 10.1. The van der Waals surface area contributed by atoms with E-state index in [2.05, 4.69) is 4.90 Å². The largest absolute Gasteiger partial charge is 0.489 e. The Kier molecular flexibility index (Phi) is 5.41. The van der Waals surface area contributed by atoms with Gasteiger partial charge in [0, 0.05) is 11.8 Å². The van der Waals surface area contributed by atoms with Crippen LogP contribution in [0.5, 0.6) is 5.75 Å². The highest BCUT2D eigenvalue weighted by molar-refractivity contribution is 7.18. The predicted molar refractivity (Wildman–Crippen MR) is 104 cm³/mol. The minimum absolute atomic E-state index is 0.331. The summed E-state index contributed by atoms with van der Waals surface area (Å²) in [6.07, 6.45) is 0. The molecule has 0 N–H and O–H groups in total. The fraction of sp³-hybridized carbons (Fsp3) is 0.400. The number of nitrogens with zero attached hydrogens (tertiary/aromatic N) is 1. The molecule has 1 aliphatic heterocycles. The molecule has 0 bridgehead atoms. The summed E-state index contributed by atoms with van der Waals surface area (Å²) >= 11 is 1.34. The van der Waals surface area contributed by atoms with Crippen LogP contribution in [-0.2, 0) is 9.47 Å². The Morgan fingerprint density at radius 2 is 1.89 bits per heavy atom. The summed E-state index contributed by atoms with van der Waals surface area (Å²) in [5, 5.41) is 0.856. The highest BCUT2D eigenvalue weighted by atomic mass is 32.1. The van der Waals surface area contributed by atoms with Gasteiger partial charge in [0.05, 0.1) is 18.7 Å². The molecule has 0 spiro atoms. The van der Waals surface area contributed by atoms with E-state index in [0.717, 1.165) is 10.7 Å². The number of ether oxygens (including phenoxy) is 3. The number of carbonyl (C=O) groups excluding carboxylic acids is 2. The van der Waals surface area contributed by atoms with Crippen LogP contribution in [0.25, 0.3) is 0 Å². The molecule has 1 aromatic carbocycles. The Hall–Kier alpha value is -2.54. The van der Waals surface area contributed by atoms with Crippen LogP contribution in [-0.4, -0.2) is 37.3 Å². The Bertz CT molecular complexity index is 835. The Morgan fingerprint density at radius 1 is 1.19 bits per heavy atom. The molecular weight excluding hydrogens is 366 g/mol. The number of hydrogen-bond donors (Lipinski definition) is 0. The van der Waals surface area contributed by atoms with Crippen LogP contribution in [0.4, 0.5) is 10.7 Å². The van der Waals surface area contributed by atoms with E-state index < -0.39 is 5.60 Å². The fourth-order valence-electron chi connectivity index (χ4n) is 2.67. The first-order valence-electron chi connectivity index (χ1n) is 8.83. The number of rotatable bonds is 4. The zero-order valence-corrected chi connectivity index (χ0v) is 16.7. The van der Waals surface area contributed by atoms with Gasteiger partial charge in [-0.15, -0.1) is 11.3 Å². The molecule has 1 aliphatic rings. The molecule has 3 rings (SSSR count). The van der Waals surface area contributed by atoms with Crippen molar-refractivity contribution in [1.82, 2.24) is 0 Å². The Balaban J connectivity index is 1.82. The molecule has 2 aromatic rings. The lowest BCUT2D eigenvalue weighted by Gasteiger charge is -2.28. The average molecular weight is 389 g/mol. The summed E-state index contributed by atoms with van der Waals surface area (Å²) < 4.78 is 16.2. The van der Waals surface area contributed by atoms with E-state index in [0.29, 0.717) is 35.9 Å². The summed E-state index contributed by atoms with van der Waals surface area (Å²) in [5.41, 5.74) is 0.889. The smallest absolute Gasteiger partial charge is 0.348 e. The van der Waals surface area contributed by atoms with E-state index in [1.165, 1.54) is 11.3 Å². The molecule has 0 fully saturated rings. The molecule has 6 nitrogen and oxygen atoms in total. The fourth-order valence-corrected chi connectivity index (χ4v) is 3.71. The predicted octanol–water partition coefficient (Wildman–Crippen LogP) is 4.41. The second kappa shape index (κ2) is 7.60. The van der Waals surface area contributed by atoms with Gasteiger partial charge in [-0.25, -0.2) is 9.59 Å². The van der Waals surface area contributed by atoms with Gasteiger partial charge in [-0.3, -0.25) is 0 Å². The van der Waals surface area contributed by atoms with Gasteiger partial charge in [0.2, 0.25) is 0 Å². The first kappa shape index (κ1) is 19.2. The van der Waals surface area contributed by atoms with Crippen LogP contribution in [0.1, 0.15) is 47.7 Å².